The Bertz CT molecular complexity index is 198. The molecule has 0 heterocycles. The number of hydrogen-bond donors (Lipinski definition) is 0. The van der Waals surface area contributed by atoms with Gasteiger partial charge >= 0.3 is 0 Å². The quantitative estimate of drug-likeness (QED) is 0.511. The molecule has 0 aliphatic carbocycles. The molecule has 0 saturated heterocycles. The van der Waals surface area contributed by atoms with Gasteiger partial charge in [0.15, 0.2) is 0 Å². The minimum atomic E-state index is 0.843. The van der Waals surface area contributed by atoms with E-state index in [2.05, 4.69) is 24.3 Å². The number of benzene rings is 1. The molecule has 0 spiro atoms. The highest BCUT2D eigenvalue weighted by atomic mass is 32.2. The molecule has 0 aliphatic heterocycles. The summed E-state index contributed by atoms with van der Waals surface area (Å²) in [5.41, 5.74) is 1.39. The average molecular weight is 182 g/mol. The zero-order valence-electron chi connectivity index (χ0n) is 7.32. The molecular formula is C10H14OS. The van der Waals surface area contributed by atoms with Gasteiger partial charge in [0, 0.05) is 6.26 Å². The van der Waals surface area contributed by atoms with E-state index < -0.39 is 0 Å². The maximum Gasteiger partial charge on any atom is 0.0616 e. The minimum absolute atomic E-state index is 0.843. The smallest absolute Gasteiger partial charge is 0.0616 e. The summed E-state index contributed by atoms with van der Waals surface area (Å²) in [6.07, 6.45) is 4.16. The first-order valence-corrected chi connectivity index (χ1v) is 5.28. The van der Waals surface area contributed by atoms with Crippen molar-refractivity contribution < 1.29 is 4.18 Å². The molecule has 2 heteroatoms. The summed E-state index contributed by atoms with van der Waals surface area (Å²) in [5, 5.41) is 0. The predicted molar refractivity (Wildman–Crippen MR) is 54.2 cm³/mol. The fourth-order valence-corrected chi connectivity index (χ4v) is 1.35. The largest absolute Gasteiger partial charge is 0.316 e. The summed E-state index contributed by atoms with van der Waals surface area (Å²) < 4.78 is 5.17. The molecule has 0 unspecified atom stereocenters. The standard InChI is InChI=1S/C10H14OS/c1-12-11-9-5-8-10-6-3-2-4-7-10/h2-4,6-7H,5,8-9H2,1H3. The van der Waals surface area contributed by atoms with E-state index in [4.69, 9.17) is 4.18 Å². The Morgan fingerprint density at radius 2 is 2.00 bits per heavy atom. The number of aryl methyl sites for hydroxylation is 1. The van der Waals surface area contributed by atoms with Crippen molar-refractivity contribution >= 4 is 12.0 Å². The van der Waals surface area contributed by atoms with Gasteiger partial charge in [0.05, 0.1) is 6.61 Å². The third-order valence-corrected chi connectivity index (χ3v) is 2.06. The van der Waals surface area contributed by atoms with Crippen molar-refractivity contribution in [2.75, 3.05) is 12.9 Å². The van der Waals surface area contributed by atoms with Crippen molar-refractivity contribution in [3.05, 3.63) is 35.9 Å². The van der Waals surface area contributed by atoms with E-state index in [0.717, 1.165) is 19.4 Å². The molecule has 1 aromatic carbocycles. The molecular weight excluding hydrogens is 168 g/mol. The Balaban J connectivity index is 2.16. The molecule has 0 bridgehead atoms. The SMILES string of the molecule is CSOCCCc1ccccc1. The molecule has 0 aromatic heterocycles. The van der Waals surface area contributed by atoms with Crippen molar-refractivity contribution in [1.29, 1.82) is 0 Å². The molecule has 66 valence electrons. The summed E-state index contributed by atoms with van der Waals surface area (Å²) in [6.45, 7) is 0.843. The first kappa shape index (κ1) is 9.62. The Morgan fingerprint density at radius 1 is 1.25 bits per heavy atom. The van der Waals surface area contributed by atoms with Crippen LogP contribution in [0.25, 0.3) is 0 Å². The molecule has 0 aliphatic rings. The fraction of sp³-hybridized carbons (Fsp3) is 0.400. The highest BCUT2D eigenvalue weighted by molar-refractivity contribution is 7.93. The van der Waals surface area contributed by atoms with Gasteiger partial charge in [-0.2, -0.15) is 0 Å². The molecule has 1 aromatic rings. The lowest BCUT2D eigenvalue weighted by atomic mass is 10.1. The van der Waals surface area contributed by atoms with Crippen molar-refractivity contribution in [3.8, 4) is 0 Å². The number of hydrogen-bond acceptors (Lipinski definition) is 2. The van der Waals surface area contributed by atoms with Crippen LogP contribution in [-0.2, 0) is 10.6 Å². The van der Waals surface area contributed by atoms with Gasteiger partial charge in [0.2, 0.25) is 0 Å². The zero-order valence-corrected chi connectivity index (χ0v) is 8.14. The molecule has 12 heavy (non-hydrogen) atoms. The first-order valence-electron chi connectivity index (χ1n) is 4.13. The fourth-order valence-electron chi connectivity index (χ4n) is 1.06. The molecule has 0 N–H and O–H groups in total. The Labute approximate surface area is 78.3 Å². The lowest BCUT2D eigenvalue weighted by Gasteiger charge is -2.00. The van der Waals surface area contributed by atoms with Crippen LogP contribution in [0, 0.1) is 0 Å². The van der Waals surface area contributed by atoms with Crippen molar-refractivity contribution in [2.24, 2.45) is 0 Å². The van der Waals surface area contributed by atoms with Gasteiger partial charge < -0.3 is 4.18 Å². The number of rotatable bonds is 5. The van der Waals surface area contributed by atoms with Gasteiger partial charge in [-0.1, -0.05) is 30.3 Å². The Kier molecular flexibility index (Phi) is 4.88. The van der Waals surface area contributed by atoms with Gasteiger partial charge in [-0.05, 0) is 30.4 Å². The summed E-state index contributed by atoms with van der Waals surface area (Å²) in [4.78, 5) is 0. The monoisotopic (exact) mass is 182 g/mol. The molecule has 0 fully saturated rings. The van der Waals surface area contributed by atoms with Crippen LogP contribution < -0.4 is 0 Å². The normalized spacial score (nSPS) is 10.1. The second-order valence-electron chi connectivity index (χ2n) is 2.58. The molecule has 0 atom stereocenters. The topological polar surface area (TPSA) is 9.23 Å². The Morgan fingerprint density at radius 3 is 2.67 bits per heavy atom. The maximum absolute atomic E-state index is 5.17. The van der Waals surface area contributed by atoms with Gasteiger partial charge in [-0.3, -0.25) is 0 Å². The van der Waals surface area contributed by atoms with Crippen molar-refractivity contribution in [2.45, 2.75) is 12.8 Å². The second kappa shape index (κ2) is 6.09. The average Bonchev–Trinajstić information content (AvgIpc) is 2.14. The molecule has 1 rings (SSSR count). The second-order valence-corrected chi connectivity index (χ2v) is 3.15. The summed E-state index contributed by atoms with van der Waals surface area (Å²) >= 11 is 1.44. The summed E-state index contributed by atoms with van der Waals surface area (Å²) in [6, 6.07) is 10.5. The van der Waals surface area contributed by atoms with Gasteiger partial charge in [-0.25, -0.2) is 0 Å². The molecule has 0 amide bonds. The van der Waals surface area contributed by atoms with Crippen LogP contribution in [0.5, 0.6) is 0 Å². The summed E-state index contributed by atoms with van der Waals surface area (Å²) in [5.74, 6) is 0. The molecule has 0 saturated carbocycles. The van der Waals surface area contributed by atoms with E-state index in [0.29, 0.717) is 0 Å². The third kappa shape index (κ3) is 3.79. The molecule has 0 radical (unpaired) electrons. The molecule has 1 nitrogen and oxygen atoms in total. The van der Waals surface area contributed by atoms with Gasteiger partial charge in [0.25, 0.3) is 0 Å². The van der Waals surface area contributed by atoms with Crippen LogP contribution in [0.4, 0.5) is 0 Å². The van der Waals surface area contributed by atoms with Crippen molar-refractivity contribution in [3.63, 3.8) is 0 Å². The predicted octanol–water partition coefficient (Wildman–Crippen LogP) is 2.91. The lowest BCUT2D eigenvalue weighted by Crippen LogP contribution is -1.90. The summed E-state index contributed by atoms with van der Waals surface area (Å²) in [7, 11) is 0. The van der Waals surface area contributed by atoms with E-state index in [9.17, 15) is 0 Å². The van der Waals surface area contributed by atoms with Gasteiger partial charge in [0.1, 0.15) is 0 Å². The van der Waals surface area contributed by atoms with E-state index in [1.807, 2.05) is 12.3 Å². The lowest BCUT2D eigenvalue weighted by molar-refractivity contribution is 0.366. The highest BCUT2D eigenvalue weighted by Gasteiger charge is 1.90. The maximum atomic E-state index is 5.17. The van der Waals surface area contributed by atoms with Crippen LogP contribution in [0.2, 0.25) is 0 Å². The van der Waals surface area contributed by atoms with Crippen LogP contribution >= 0.6 is 12.0 Å². The minimum Gasteiger partial charge on any atom is -0.316 e. The zero-order chi connectivity index (χ0) is 8.65. The van der Waals surface area contributed by atoms with E-state index in [-0.39, 0.29) is 0 Å². The van der Waals surface area contributed by atoms with Crippen LogP contribution in [0.15, 0.2) is 30.3 Å². The van der Waals surface area contributed by atoms with E-state index >= 15 is 0 Å². The van der Waals surface area contributed by atoms with Crippen molar-refractivity contribution in [1.82, 2.24) is 0 Å². The van der Waals surface area contributed by atoms with Crippen LogP contribution in [0.3, 0.4) is 0 Å². The highest BCUT2D eigenvalue weighted by Crippen LogP contribution is 2.04. The van der Waals surface area contributed by atoms with Gasteiger partial charge in [-0.15, -0.1) is 0 Å². The third-order valence-electron chi connectivity index (χ3n) is 1.65. The van der Waals surface area contributed by atoms with Crippen LogP contribution in [0.1, 0.15) is 12.0 Å². The Hall–Kier alpha value is -0.470. The van der Waals surface area contributed by atoms with E-state index in [1.165, 1.54) is 17.6 Å². The van der Waals surface area contributed by atoms with E-state index in [1.54, 1.807) is 0 Å². The van der Waals surface area contributed by atoms with Crippen LogP contribution in [-0.4, -0.2) is 12.9 Å². The first-order chi connectivity index (χ1) is 5.93.